The lowest BCUT2D eigenvalue weighted by atomic mass is 10.1. The molecule has 0 fully saturated rings. The van der Waals surface area contributed by atoms with Gasteiger partial charge in [-0.05, 0) is 41.6 Å². The molecule has 104 valence electrons. The molecule has 1 aliphatic rings. The summed E-state index contributed by atoms with van der Waals surface area (Å²) in [4.78, 5) is 16.5. The Kier molecular flexibility index (Phi) is 3.98. The molecule has 1 aromatic heterocycles. The number of thioether (sulfide) groups is 1. The zero-order valence-electron chi connectivity index (χ0n) is 10.9. The first-order valence-corrected chi connectivity index (χ1v) is 8.34. The number of nitrogens with zero attached hydrogens (tertiary/aromatic N) is 1. The molecule has 0 unspecified atom stereocenters. The number of phenolic OH excluding ortho intramolecular Hbond substituents is 1. The molecular weight excluding hydrogens is 290 g/mol. The fourth-order valence-corrected chi connectivity index (χ4v) is 4.01. The average Bonchev–Trinajstić information content (AvgIpc) is 2.92. The molecule has 20 heavy (non-hydrogen) atoms. The van der Waals surface area contributed by atoms with Crippen molar-refractivity contribution in [1.29, 1.82) is 0 Å². The molecule has 1 aliphatic heterocycles. The highest BCUT2D eigenvalue weighted by molar-refractivity contribution is 8.00. The van der Waals surface area contributed by atoms with Crippen molar-refractivity contribution < 1.29 is 9.90 Å². The van der Waals surface area contributed by atoms with E-state index >= 15 is 0 Å². The van der Waals surface area contributed by atoms with Crippen molar-refractivity contribution in [3.8, 4) is 5.75 Å². The first-order valence-electron chi connectivity index (χ1n) is 6.47. The largest absolute Gasteiger partial charge is 0.508 e. The molecule has 0 atom stereocenters. The van der Waals surface area contributed by atoms with Crippen LogP contribution in [0, 0.1) is 0 Å². The van der Waals surface area contributed by atoms with Crippen molar-refractivity contribution in [2.24, 2.45) is 0 Å². The number of hydrogen-bond acceptors (Lipinski definition) is 4. The number of phenols is 1. The molecule has 0 saturated carbocycles. The Bertz CT molecular complexity index is 624. The highest BCUT2D eigenvalue weighted by Gasteiger charge is 2.21. The van der Waals surface area contributed by atoms with Gasteiger partial charge in [-0.1, -0.05) is 6.07 Å². The summed E-state index contributed by atoms with van der Waals surface area (Å²) < 4.78 is 0. The summed E-state index contributed by atoms with van der Waals surface area (Å²) in [7, 11) is 0. The fourth-order valence-electron chi connectivity index (χ4n) is 2.27. The Morgan fingerprint density at radius 2 is 2.30 bits per heavy atom. The van der Waals surface area contributed by atoms with Gasteiger partial charge in [0.15, 0.2) is 0 Å². The third-order valence-electron chi connectivity index (χ3n) is 3.34. The summed E-state index contributed by atoms with van der Waals surface area (Å²) in [6, 6.07) is 9.13. The highest BCUT2D eigenvalue weighted by Crippen LogP contribution is 2.26. The maximum atomic E-state index is 12.2. The number of benzene rings is 1. The van der Waals surface area contributed by atoms with Crippen LogP contribution in [0.25, 0.3) is 0 Å². The first-order chi connectivity index (χ1) is 9.72. The van der Waals surface area contributed by atoms with Crippen LogP contribution in [0.5, 0.6) is 5.75 Å². The number of fused-ring (bicyclic) bond motifs is 1. The van der Waals surface area contributed by atoms with Crippen LogP contribution in [0.3, 0.4) is 0 Å². The number of carbonyl (C=O) groups is 1. The zero-order valence-corrected chi connectivity index (χ0v) is 12.5. The van der Waals surface area contributed by atoms with Crippen LogP contribution in [0.4, 0.5) is 0 Å². The smallest absolute Gasteiger partial charge is 0.233 e. The van der Waals surface area contributed by atoms with Crippen LogP contribution in [0.15, 0.2) is 40.6 Å². The van der Waals surface area contributed by atoms with Crippen molar-refractivity contribution in [2.45, 2.75) is 17.9 Å². The molecule has 2 aromatic rings. The summed E-state index contributed by atoms with van der Waals surface area (Å²) in [5.41, 5.74) is 1.29. The molecule has 0 bridgehead atoms. The Balaban J connectivity index is 1.58. The van der Waals surface area contributed by atoms with E-state index in [4.69, 9.17) is 0 Å². The summed E-state index contributed by atoms with van der Waals surface area (Å²) >= 11 is 3.25. The van der Waals surface area contributed by atoms with Gasteiger partial charge in [-0.2, -0.15) is 0 Å². The minimum Gasteiger partial charge on any atom is -0.508 e. The molecule has 2 heterocycles. The molecule has 1 N–H and O–H groups in total. The number of rotatable bonds is 3. The van der Waals surface area contributed by atoms with Gasteiger partial charge in [0, 0.05) is 22.9 Å². The number of hydrogen-bond donors (Lipinski definition) is 1. The molecule has 3 rings (SSSR count). The average molecular weight is 305 g/mol. The van der Waals surface area contributed by atoms with E-state index in [0.29, 0.717) is 5.75 Å². The van der Waals surface area contributed by atoms with E-state index in [1.165, 1.54) is 22.2 Å². The van der Waals surface area contributed by atoms with Crippen LogP contribution >= 0.6 is 23.1 Å². The van der Waals surface area contributed by atoms with Crippen molar-refractivity contribution in [3.05, 3.63) is 46.2 Å². The van der Waals surface area contributed by atoms with Gasteiger partial charge in [0.05, 0.1) is 5.75 Å². The standard InChI is InChI=1S/C15H15NO2S2/c17-12-2-1-3-13(8-12)20-10-15(18)16-6-4-14-11(9-16)5-7-19-14/h1-3,5,7-8,17H,4,6,9-10H2. The lowest BCUT2D eigenvalue weighted by Gasteiger charge is -2.26. The van der Waals surface area contributed by atoms with Gasteiger partial charge in [0.25, 0.3) is 0 Å². The lowest BCUT2D eigenvalue weighted by molar-refractivity contribution is -0.129. The van der Waals surface area contributed by atoms with E-state index in [1.54, 1.807) is 29.5 Å². The fraction of sp³-hybridized carbons (Fsp3) is 0.267. The predicted octanol–water partition coefficient (Wildman–Crippen LogP) is 3.13. The van der Waals surface area contributed by atoms with Gasteiger partial charge in [0.2, 0.25) is 5.91 Å². The summed E-state index contributed by atoms with van der Waals surface area (Å²) in [6.45, 7) is 1.55. The van der Waals surface area contributed by atoms with Gasteiger partial charge in [-0.3, -0.25) is 4.79 Å². The minimum atomic E-state index is 0.162. The normalized spacial score (nSPS) is 14.1. The summed E-state index contributed by atoms with van der Waals surface area (Å²) in [5, 5.41) is 11.5. The number of thiophene rings is 1. The van der Waals surface area contributed by atoms with E-state index in [-0.39, 0.29) is 11.7 Å². The maximum absolute atomic E-state index is 12.2. The Hall–Kier alpha value is -1.46. The second-order valence-corrected chi connectivity index (χ2v) is 6.77. The van der Waals surface area contributed by atoms with Crippen LogP contribution in [0.2, 0.25) is 0 Å². The van der Waals surface area contributed by atoms with Gasteiger partial charge < -0.3 is 10.0 Å². The highest BCUT2D eigenvalue weighted by atomic mass is 32.2. The Morgan fingerprint density at radius 3 is 3.15 bits per heavy atom. The van der Waals surface area contributed by atoms with E-state index in [0.717, 1.165) is 24.4 Å². The van der Waals surface area contributed by atoms with Crippen LogP contribution in [-0.4, -0.2) is 28.2 Å². The van der Waals surface area contributed by atoms with Crippen LogP contribution in [0.1, 0.15) is 10.4 Å². The Labute approximate surface area is 126 Å². The molecule has 0 aliphatic carbocycles. The molecule has 1 amide bonds. The van der Waals surface area contributed by atoms with Crippen molar-refractivity contribution in [1.82, 2.24) is 4.90 Å². The topological polar surface area (TPSA) is 40.5 Å². The second kappa shape index (κ2) is 5.89. The molecular formula is C15H15NO2S2. The van der Waals surface area contributed by atoms with E-state index in [1.807, 2.05) is 11.0 Å². The van der Waals surface area contributed by atoms with Crippen molar-refractivity contribution in [2.75, 3.05) is 12.3 Å². The predicted molar refractivity (Wildman–Crippen MR) is 82.3 cm³/mol. The maximum Gasteiger partial charge on any atom is 0.233 e. The number of amides is 1. The third kappa shape index (κ3) is 2.99. The number of carbonyl (C=O) groups excluding carboxylic acids is 1. The van der Waals surface area contributed by atoms with Crippen molar-refractivity contribution >= 4 is 29.0 Å². The SMILES string of the molecule is O=C(CSc1cccc(O)c1)N1CCc2sccc2C1. The molecule has 1 aromatic carbocycles. The van der Waals surface area contributed by atoms with Crippen LogP contribution in [-0.2, 0) is 17.8 Å². The van der Waals surface area contributed by atoms with E-state index in [9.17, 15) is 9.90 Å². The van der Waals surface area contributed by atoms with Gasteiger partial charge >= 0.3 is 0 Å². The Morgan fingerprint density at radius 1 is 1.40 bits per heavy atom. The molecule has 0 spiro atoms. The molecule has 5 heteroatoms. The van der Waals surface area contributed by atoms with Gasteiger partial charge in [-0.15, -0.1) is 23.1 Å². The third-order valence-corrected chi connectivity index (χ3v) is 5.34. The summed E-state index contributed by atoms with van der Waals surface area (Å²) in [6.07, 6.45) is 0.968. The first kappa shape index (κ1) is 13.5. The molecule has 0 radical (unpaired) electrons. The van der Waals surface area contributed by atoms with Gasteiger partial charge in [-0.25, -0.2) is 0 Å². The molecule has 0 saturated heterocycles. The zero-order chi connectivity index (χ0) is 13.9. The van der Waals surface area contributed by atoms with E-state index < -0.39 is 0 Å². The quantitative estimate of drug-likeness (QED) is 0.886. The van der Waals surface area contributed by atoms with E-state index in [2.05, 4.69) is 11.4 Å². The van der Waals surface area contributed by atoms with Crippen molar-refractivity contribution in [3.63, 3.8) is 0 Å². The lowest BCUT2D eigenvalue weighted by Crippen LogP contribution is -2.36. The van der Waals surface area contributed by atoms with Gasteiger partial charge in [0.1, 0.15) is 5.75 Å². The number of aromatic hydroxyl groups is 1. The second-order valence-electron chi connectivity index (χ2n) is 4.72. The molecule has 3 nitrogen and oxygen atoms in total. The monoisotopic (exact) mass is 305 g/mol. The summed E-state index contributed by atoms with van der Waals surface area (Å²) in [5.74, 6) is 0.821. The van der Waals surface area contributed by atoms with Crippen LogP contribution < -0.4 is 0 Å². The minimum absolute atomic E-state index is 0.162.